The molecule has 7 nitrogen and oxygen atoms in total. The van der Waals surface area contributed by atoms with E-state index in [1.165, 1.54) is 0 Å². The average Bonchev–Trinajstić information content (AvgIpc) is 3.30. The number of hydrogen-bond acceptors (Lipinski definition) is 5. The lowest BCUT2D eigenvalue weighted by Crippen LogP contribution is -2.51. The van der Waals surface area contributed by atoms with E-state index in [1.807, 2.05) is 37.3 Å². The summed E-state index contributed by atoms with van der Waals surface area (Å²) in [6, 6.07) is 9.75. The third-order valence-corrected chi connectivity index (χ3v) is 6.32. The van der Waals surface area contributed by atoms with Gasteiger partial charge in [-0.1, -0.05) is 18.2 Å². The van der Waals surface area contributed by atoms with Gasteiger partial charge in [0.1, 0.15) is 0 Å². The monoisotopic (exact) mass is 424 g/mol. The van der Waals surface area contributed by atoms with E-state index < -0.39 is 11.7 Å². The Bertz CT molecular complexity index is 945. The highest BCUT2D eigenvalue weighted by Crippen LogP contribution is 2.24. The zero-order chi connectivity index (χ0) is 22.1. The molecule has 2 aromatic rings. The van der Waals surface area contributed by atoms with Gasteiger partial charge in [-0.25, -0.2) is 4.68 Å². The van der Waals surface area contributed by atoms with Crippen LogP contribution in [-0.4, -0.2) is 75.7 Å². The maximum absolute atomic E-state index is 13.3. The van der Waals surface area contributed by atoms with Crippen LogP contribution >= 0.6 is 0 Å². The molecule has 0 aliphatic carbocycles. The highest BCUT2D eigenvalue weighted by atomic mass is 16.5. The van der Waals surface area contributed by atoms with E-state index >= 15 is 0 Å². The highest BCUT2D eigenvalue weighted by molar-refractivity contribution is 6.43. The largest absolute Gasteiger partial charge is 0.373 e. The van der Waals surface area contributed by atoms with Gasteiger partial charge < -0.3 is 9.64 Å². The highest BCUT2D eigenvalue weighted by Gasteiger charge is 2.37. The van der Waals surface area contributed by atoms with Crippen LogP contribution in [0.2, 0.25) is 0 Å². The number of ether oxygens (including phenoxy) is 1. The average molecular weight is 425 g/mol. The van der Waals surface area contributed by atoms with E-state index in [1.54, 1.807) is 16.5 Å². The molecule has 2 fully saturated rings. The Morgan fingerprint density at radius 3 is 2.45 bits per heavy atom. The first kappa shape index (κ1) is 21.7. The van der Waals surface area contributed by atoms with Crippen molar-refractivity contribution in [3.63, 3.8) is 0 Å². The van der Waals surface area contributed by atoms with Crippen LogP contribution < -0.4 is 0 Å². The van der Waals surface area contributed by atoms with Gasteiger partial charge in [0.25, 0.3) is 11.7 Å². The number of morpholine rings is 1. The molecular formula is C24H32N4O3. The number of likely N-dealkylation sites (tertiary alicyclic amines) is 1. The first-order chi connectivity index (χ1) is 14.8. The summed E-state index contributed by atoms with van der Waals surface area (Å²) in [4.78, 5) is 30.7. The van der Waals surface area contributed by atoms with Crippen molar-refractivity contribution < 1.29 is 14.3 Å². The molecule has 0 unspecified atom stereocenters. The fourth-order valence-electron chi connectivity index (χ4n) is 5.05. The third kappa shape index (κ3) is 4.43. The van der Waals surface area contributed by atoms with Crippen LogP contribution in [0, 0.1) is 13.8 Å². The van der Waals surface area contributed by atoms with Gasteiger partial charge in [-0.3, -0.25) is 14.5 Å². The number of aromatic nitrogens is 2. The molecule has 0 saturated carbocycles. The van der Waals surface area contributed by atoms with Crippen LogP contribution in [0.3, 0.4) is 0 Å². The number of ketones is 1. The van der Waals surface area contributed by atoms with E-state index in [9.17, 15) is 9.59 Å². The predicted octanol–water partition coefficient (Wildman–Crippen LogP) is 2.77. The Labute approximate surface area is 184 Å². The molecule has 1 aromatic carbocycles. The van der Waals surface area contributed by atoms with E-state index in [0.29, 0.717) is 23.5 Å². The summed E-state index contributed by atoms with van der Waals surface area (Å²) in [5.74, 6) is -0.858. The molecule has 3 heterocycles. The van der Waals surface area contributed by atoms with Crippen LogP contribution in [0.4, 0.5) is 0 Å². The summed E-state index contributed by atoms with van der Waals surface area (Å²) < 4.78 is 7.57. The zero-order valence-electron chi connectivity index (χ0n) is 18.9. The summed E-state index contributed by atoms with van der Waals surface area (Å²) in [6.45, 7) is 11.0. The van der Waals surface area contributed by atoms with Gasteiger partial charge >= 0.3 is 0 Å². The smallest absolute Gasteiger partial charge is 0.295 e. The molecular weight excluding hydrogens is 392 g/mol. The number of Topliss-reactive ketones (excluding diaryl/α,β-unsaturated/α-hetero) is 1. The lowest BCUT2D eigenvalue weighted by atomic mass is 10.1. The Hall–Kier alpha value is -2.51. The maximum Gasteiger partial charge on any atom is 0.295 e. The topological polar surface area (TPSA) is 67.7 Å². The second kappa shape index (κ2) is 8.93. The van der Waals surface area contributed by atoms with Crippen molar-refractivity contribution in [1.82, 2.24) is 19.6 Å². The van der Waals surface area contributed by atoms with Gasteiger partial charge in [-0.2, -0.15) is 5.10 Å². The summed E-state index contributed by atoms with van der Waals surface area (Å²) >= 11 is 0. The molecule has 166 valence electrons. The van der Waals surface area contributed by atoms with Crippen molar-refractivity contribution >= 4 is 11.7 Å². The summed E-state index contributed by atoms with van der Waals surface area (Å²) in [5, 5.41) is 4.54. The fraction of sp³-hybridized carbons (Fsp3) is 0.542. The van der Waals surface area contributed by atoms with E-state index in [0.717, 1.165) is 38.2 Å². The molecule has 3 atom stereocenters. The van der Waals surface area contributed by atoms with Gasteiger partial charge in [-0.05, 0) is 52.7 Å². The molecule has 31 heavy (non-hydrogen) atoms. The summed E-state index contributed by atoms with van der Waals surface area (Å²) in [6.07, 6.45) is 2.23. The molecule has 0 radical (unpaired) electrons. The van der Waals surface area contributed by atoms with Crippen LogP contribution in [0.5, 0.6) is 0 Å². The number of amides is 1. The molecule has 0 spiro atoms. The molecule has 1 amide bonds. The Kier molecular flexibility index (Phi) is 6.25. The van der Waals surface area contributed by atoms with E-state index in [2.05, 4.69) is 23.8 Å². The number of benzene rings is 1. The minimum absolute atomic E-state index is 0.0683. The Morgan fingerprint density at radius 2 is 1.77 bits per heavy atom. The van der Waals surface area contributed by atoms with E-state index in [-0.39, 0.29) is 18.2 Å². The first-order valence-corrected chi connectivity index (χ1v) is 11.2. The molecule has 2 saturated heterocycles. The van der Waals surface area contributed by atoms with Crippen molar-refractivity contribution in [2.75, 3.05) is 26.2 Å². The summed E-state index contributed by atoms with van der Waals surface area (Å²) in [5.41, 5.74) is 2.59. The minimum Gasteiger partial charge on any atom is -0.373 e. The number of carbonyl (C=O) groups is 2. The standard InChI is InChI=1S/C24H32N4O3/c1-16-13-26(14-17(2)31-16)15-21-11-8-12-27(21)24(30)23(29)22-18(3)25-28(19(22)4)20-9-6-5-7-10-20/h5-7,9-10,16-17,21H,8,11-15H2,1-4H3/t16-,17-,21-/m1/s1. The van der Waals surface area contributed by atoms with Crippen LogP contribution in [-0.2, 0) is 9.53 Å². The number of nitrogens with zero attached hydrogens (tertiary/aromatic N) is 4. The molecule has 0 N–H and O–H groups in total. The van der Waals surface area contributed by atoms with Crippen molar-refractivity contribution in [3.8, 4) is 5.69 Å². The van der Waals surface area contributed by atoms with Crippen LogP contribution in [0.15, 0.2) is 30.3 Å². The lowest BCUT2D eigenvalue weighted by molar-refractivity contribution is -0.128. The fourth-order valence-corrected chi connectivity index (χ4v) is 5.05. The van der Waals surface area contributed by atoms with Gasteiger partial charge in [0.05, 0.1) is 34.8 Å². The number of aryl methyl sites for hydroxylation is 1. The quantitative estimate of drug-likeness (QED) is 0.545. The van der Waals surface area contributed by atoms with Gasteiger partial charge in [-0.15, -0.1) is 0 Å². The molecule has 2 aliphatic heterocycles. The van der Waals surface area contributed by atoms with Gasteiger partial charge in [0.15, 0.2) is 0 Å². The zero-order valence-corrected chi connectivity index (χ0v) is 18.9. The van der Waals surface area contributed by atoms with Crippen LogP contribution in [0.25, 0.3) is 5.69 Å². The number of para-hydroxylation sites is 1. The minimum atomic E-state index is -0.451. The predicted molar refractivity (Wildman–Crippen MR) is 119 cm³/mol. The number of hydrogen-bond donors (Lipinski definition) is 0. The number of rotatable bonds is 5. The Morgan fingerprint density at radius 1 is 1.10 bits per heavy atom. The SMILES string of the molecule is Cc1nn(-c2ccccc2)c(C)c1C(=O)C(=O)N1CCC[C@@H]1CN1C[C@@H](C)O[C@H](C)C1. The van der Waals surface area contributed by atoms with Gasteiger partial charge in [0.2, 0.25) is 0 Å². The lowest BCUT2D eigenvalue weighted by Gasteiger charge is -2.38. The number of carbonyl (C=O) groups excluding carboxylic acids is 2. The van der Waals surface area contributed by atoms with Gasteiger partial charge in [0, 0.05) is 32.2 Å². The molecule has 0 bridgehead atoms. The second-order valence-corrected chi connectivity index (χ2v) is 8.89. The third-order valence-electron chi connectivity index (χ3n) is 6.32. The molecule has 1 aromatic heterocycles. The van der Waals surface area contributed by atoms with Crippen molar-refractivity contribution in [2.45, 2.75) is 58.8 Å². The van der Waals surface area contributed by atoms with Crippen molar-refractivity contribution in [2.24, 2.45) is 0 Å². The Balaban J connectivity index is 1.51. The molecule has 4 rings (SSSR count). The molecule has 7 heteroatoms. The van der Waals surface area contributed by atoms with Crippen molar-refractivity contribution in [3.05, 3.63) is 47.3 Å². The van der Waals surface area contributed by atoms with Crippen LogP contribution in [0.1, 0.15) is 48.4 Å². The maximum atomic E-state index is 13.3. The first-order valence-electron chi connectivity index (χ1n) is 11.2. The molecule has 2 aliphatic rings. The summed E-state index contributed by atoms with van der Waals surface area (Å²) in [7, 11) is 0. The second-order valence-electron chi connectivity index (χ2n) is 8.89. The van der Waals surface area contributed by atoms with E-state index in [4.69, 9.17) is 4.74 Å². The van der Waals surface area contributed by atoms with Crippen molar-refractivity contribution in [1.29, 1.82) is 0 Å². The normalized spacial score (nSPS) is 24.5.